The Morgan fingerprint density at radius 3 is 2.73 bits per heavy atom. The molecule has 2 spiro atoms. The smallest absolute Gasteiger partial charge is 0.482 e. The third-order valence-electron chi connectivity index (χ3n) is 11.5. The maximum absolute atomic E-state index is 12.2. The van der Waals surface area contributed by atoms with Gasteiger partial charge in [-0.05, 0) is 88.5 Å². The minimum atomic E-state index is -1.09. The lowest BCUT2D eigenvalue weighted by atomic mass is 9.33. The molecule has 7 nitrogen and oxygen atoms in total. The average Bonchev–Trinajstić information content (AvgIpc) is 3.63. The van der Waals surface area contributed by atoms with E-state index in [4.69, 9.17) is 18.9 Å². The van der Waals surface area contributed by atoms with Crippen LogP contribution in [0.5, 0.6) is 11.5 Å². The van der Waals surface area contributed by atoms with Crippen LogP contribution in [-0.2, 0) is 21.3 Å². The zero-order chi connectivity index (χ0) is 26.0. The molecular formula is C30H39NO6. The van der Waals surface area contributed by atoms with Gasteiger partial charge in [0, 0.05) is 42.0 Å². The van der Waals surface area contributed by atoms with Crippen molar-refractivity contribution in [2.24, 2.45) is 17.3 Å². The van der Waals surface area contributed by atoms with Gasteiger partial charge in [-0.2, -0.15) is 0 Å². The standard InChI is InChI=1S/C30H39NO6/c1-17(2)27(3,33)21-15-28-10-11-30(21,35-5)25-29(28)12-13-31(16-18-6-7-18)22(28)14-19-8-9-20(36-26(32)34-4)24(37-25)23(19)29/h8-9,18,21-22,25,33H,1,6-7,10-16H2,2-5H3/t21-,22-,25-,27-,28-,29+,30+/m1/s1. The second-order valence-corrected chi connectivity index (χ2v) is 12.9. The highest BCUT2D eigenvalue weighted by Gasteiger charge is 2.82. The Kier molecular flexibility index (Phi) is 4.87. The normalized spacial score (nSPS) is 40.4. The molecule has 0 amide bonds. The van der Waals surface area contributed by atoms with Gasteiger partial charge >= 0.3 is 6.16 Å². The topological polar surface area (TPSA) is 77.5 Å². The summed E-state index contributed by atoms with van der Waals surface area (Å²) in [7, 11) is 3.09. The molecule has 5 aliphatic carbocycles. The molecule has 4 saturated carbocycles. The number of fused-ring (bicyclic) bond motifs is 2. The zero-order valence-electron chi connectivity index (χ0n) is 22.5. The number of carbonyl (C=O) groups excluding carboxylic acids is 1. The van der Waals surface area contributed by atoms with Gasteiger partial charge in [0.15, 0.2) is 11.5 Å². The van der Waals surface area contributed by atoms with Crippen molar-refractivity contribution in [3.05, 3.63) is 35.4 Å². The van der Waals surface area contributed by atoms with E-state index in [2.05, 4.69) is 17.5 Å². The van der Waals surface area contributed by atoms with E-state index in [1.165, 1.54) is 31.1 Å². The van der Waals surface area contributed by atoms with E-state index < -0.39 is 17.4 Å². The number of rotatable bonds is 6. The predicted molar refractivity (Wildman–Crippen MR) is 137 cm³/mol. The van der Waals surface area contributed by atoms with Crippen molar-refractivity contribution in [3.63, 3.8) is 0 Å². The van der Waals surface area contributed by atoms with Crippen LogP contribution in [0.25, 0.3) is 0 Å². The van der Waals surface area contributed by atoms with Gasteiger partial charge in [0.05, 0.1) is 12.7 Å². The van der Waals surface area contributed by atoms with Crippen LogP contribution >= 0.6 is 0 Å². The molecule has 37 heavy (non-hydrogen) atoms. The monoisotopic (exact) mass is 509 g/mol. The second-order valence-electron chi connectivity index (χ2n) is 12.9. The van der Waals surface area contributed by atoms with Crippen LogP contribution in [0.15, 0.2) is 24.3 Å². The Morgan fingerprint density at radius 2 is 2.05 bits per heavy atom. The van der Waals surface area contributed by atoms with Crippen molar-refractivity contribution >= 4 is 6.16 Å². The predicted octanol–water partition coefficient (Wildman–Crippen LogP) is 4.38. The molecule has 1 saturated heterocycles. The van der Waals surface area contributed by atoms with Crippen LogP contribution < -0.4 is 9.47 Å². The van der Waals surface area contributed by atoms with Crippen molar-refractivity contribution in [1.82, 2.24) is 4.90 Å². The van der Waals surface area contributed by atoms with Crippen molar-refractivity contribution in [3.8, 4) is 11.5 Å². The lowest BCUT2D eigenvalue weighted by Crippen LogP contribution is -2.82. The number of hydrogen-bond donors (Lipinski definition) is 1. The molecule has 200 valence electrons. The van der Waals surface area contributed by atoms with Crippen LogP contribution in [0, 0.1) is 17.3 Å². The average molecular weight is 510 g/mol. The van der Waals surface area contributed by atoms with Crippen molar-refractivity contribution in [1.29, 1.82) is 0 Å². The Balaban J connectivity index is 1.46. The van der Waals surface area contributed by atoms with Gasteiger partial charge in [0.2, 0.25) is 0 Å². The SMILES string of the molecule is C=C(C)[C@@](C)(O)[C@H]1C[C@@]23CC[C@@]1(OC)[C@@H]1Oc4c(OC(=O)OC)ccc5c4[C@@]12CCN(CC1CC1)[C@@H]3C5. The fraction of sp³-hybridized carbons (Fsp3) is 0.700. The van der Waals surface area contributed by atoms with Gasteiger partial charge in [0.1, 0.15) is 11.7 Å². The van der Waals surface area contributed by atoms with E-state index >= 15 is 0 Å². The summed E-state index contributed by atoms with van der Waals surface area (Å²) in [5, 5.41) is 12.0. The third-order valence-corrected chi connectivity index (χ3v) is 11.5. The fourth-order valence-electron chi connectivity index (χ4n) is 9.56. The number of carbonyl (C=O) groups is 1. The van der Waals surface area contributed by atoms with Gasteiger partial charge in [-0.15, -0.1) is 0 Å². The molecule has 5 fully saturated rings. The summed E-state index contributed by atoms with van der Waals surface area (Å²) < 4.78 is 24.0. The highest BCUT2D eigenvalue weighted by molar-refractivity contribution is 5.69. The van der Waals surface area contributed by atoms with E-state index in [1.807, 2.05) is 19.9 Å². The largest absolute Gasteiger partial charge is 0.513 e. The zero-order valence-corrected chi connectivity index (χ0v) is 22.5. The first-order chi connectivity index (χ1) is 17.6. The molecule has 1 N–H and O–H groups in total. The number of piperidine rings is 1. The molecule has 7 heteroatoms. The molecule has 7 atom stereocenters. The molecule has 8 rings (SSSR count). The summed E-state index contributed by atoms with van der Waals surface area (Å²) in [6.45, 7) is 10.2. The van der Waals surface area contributed by atoms with Crippen molar-refractivity contribution < 1.29 is 28.8 Å². The molecule has 0 radical (unpaired) electrons. The minimum absolute atomic E-state index is 0.0582. The highest BCUT2D eigenvalue weighted by atomic mass is 16.7. The molecule has 1 aromatic carbocycles. The molecule has 4 bridgehead atoms. The van der Waals surface area contributed by atoms with Crippen LogP contribution in [0.1, 0.15) is 63.5 Å². The van der Waals surface area contributed by atoms with Gasteiger partial charge in [-0.1, -0.05) is 12.6 Å². The first-order valence-electron chi connectivity index (χ1n) is 13.9. The first kappa shape index (κ1) is 24.0. The molecule has 0 unspecified atom stereocenters. The summed E-state index contributed by atoms with van der Waals surface area (Å²) >= 11 is 0. The second kappa shape index (κ2) is 7.51. The summed E-state index contributed by atoms with van der Waals surface area (Å²) in [5.41, 5.74) is 1.20. The fourth-order valence-corrected chi connectivity index (χ4v) is 9.56. The number of aliphatic hydroxyl groups is 1. The quantitative estimate of drug-likeness (QED) is 0.346. The minimum Gasteiger partial charge on any atom is -0.482 e. The van der Waals surface area contributed by atoms with Gasteiger partial charge < -0.3 is 24.1 Å². The summed E-state index contributed by atoms with van der Waals surface area (Å²) in [5.74, 6) is 1.74. The Hall–Kier alpha value is -2.09. The van der Waals surface area contributed by atoms with E-state index in [0.717, 1.165) is 56.7 Å². The van der Waals surface area contributed by atoms with Crippen LogP contribution in [0.4, 0.5) is 4.79 Å². The van der Waals surface area contributed by atoms with Gasteiger partial charge in [-0.3, -0.25) is 4.90 Å². The molecular weight excluding hydrogens is 470 g/mol. The van der Waals surface area contributed by atoms with E-state index in [-0.39, 0.29) is 22.9 Å². The molecule has 2 aliphatic heterocycles. The van der Waals surface area contributed by atoms with E-state index in [0.29, 0.717) is 17.5 Å². The lowest BCUT2D eigenvalue weighted by molar-refractivity contribution is -0.298. The summed E-state index contributed by atoms with van der Waals surface area (Å²) in [6.07, 6.45) is 6.32. The number of likely N-dealkylation sites (tertiary alicyclic amines) is 1. The van der Waals surface area contributed by atoms with Gasteiger partial charge in [-0.25, -0.2) is 4.79 Å². The van der Waals surface area contributed by atoms with Crippen molar-refractivity contribution in [2.45, 2.75) is 87.6 Å². The summed E-state index contributed by atoms with van der Waals surface area (Å²) in [6, 6.07) is 4.38. The van der Waals surface area contributed by atoms with Crippen LogP contribution in [0.2, 0.25) is 0 Å². The molecule has 7 aliphatic rings. The molecule has 0 aromatic heterocycles. The van der Waals surface area contributed by atoms with Crippen LogP contribution in [0.3, 0.4) is 0 Å². The Labute approximate surface area is 219 Å². The number of hydrogen-bond acceptors (Lipinski definition) is 7. The third kappa shape index (κ3) is 2.76. The van der Waals surface area contributed by atoms with E-state index in [1.54, 1.807) is 7.11 Å². The van der Waals surface area contributed by atoms with Crippen molar-refractivity contribution in [2.75, 3.05) is 27.3 Å². The van der Waals surface area contributed by atoms with Crippen LogP contribution in [-0.4, -0.2) is 66.8 Å². The summed E-state index contributed by atoms with van der Waals surface area (Å²) in [4.78, 5) is 14.9. The maximum Gasteiger partial charge on any atom is 0.513 e. The number of ether oxygens (including phenoxy) is 4. The number of nitrogens with zero attached hydrogens (tertiary/aromatic N) is 1. The van der Waals surface area contributed by atoms with Gasteiger partial charge in [0.25, 0.3) is 0 Å². The molecule has 1 aromatic rings. The first-order valence-corrected chi connectivity index (χ1v) is 13.9. The molecule has 2 heterocycles. The number of methoxy groups -OCH3 is 2. The highest BCUT2D eigenvalue weighted by Crippen LogP contribution is 2.77. The Bertz CT molecular complexity index is 1190. The van der Waals surface area contributed by atoms with E-state index in [9.17, 15) is 9.90 Å². The Morgan fingerprint density at radius 1 is 1.27 bits per heavy atom. The lowest BCUT2D eigenvalue weighted by Gasteiger charge is -2.75. The number of benzene rings is 1. The maximum atomic E-state index is 12.2.